The van der Waals surface area contributed by atoms with Crippen LogP contribution in [0.2, 0.25) is 10.0 Å². The van der Waals surface area contributed by atoms with Crippen molar-refractivity contribution in [3.8, 4) is 0 Å². The third-order valence-electron chi connectivity index (χ3n) is 4.58. The molecule has 26 heavy (non-hydrogen) atoms. The molecule has 0 fully saturated rings. The predicted molar refractivity (Wildman–Crippen MR) is 103 cm³/mol. The molecule has 1 aromatic heterocycles. The molecule has 1 N–H and O–H groups in total. The molecule has 0 aliphatic heterocycles. The highest BCUT2D eigenvalue weighted by atomic mass is 35.5. The van der Waals surface area contributed by atoms with Gasteiger partial charge in [0.1, 0.15) is 4.88 Å². The van der Waals surface area contributed by atoms with E-state index in [0.29, 0.717) is 25.4 Å². The fraction of sp³-hybridized carbons (Fsp3) is 0.368. The number of thiophene rings is 1. The van der Waals surface area contributed by atoms with Crippen molar-refractivity contribution in [3.05, 3.63) is 54.7 Å². The van der Waals surface area contributed by atoms with Crippen molar-refractivity contribution in [1.29, 1.82) is 0 Å². The number of halogens is 2. The lowest BCUT2D eigenvalue weighted by atomic mass is 9.89. The molecule has 2 aromatic rings. The van der Waals surface area contributed by atoms with Crippen molar-refractivity contribution >= 4 is 46.3 Å². The summed E-state index contributed by atoms with van der Waals surface area (Å²) >= 11 is 13.2. The molecular formula is C19H18Cl2O4S. The van der Waals surface area contributed by atoms with Crippen LogP contribution in [0.25, 0.3) is 0 Å². The quantitative estimate of drug-likeness (QED) is 0.565. The Hall–Kier alpha value is -1.40. The molecular weight excluding hydrogens is 395 g/mol. The van der Waals surface area contributed by atoms with E-state index in [1.165, 1.54) is 7.11 Å². The topological polar surface area (TPSA) is 63.6 Å². The van der Waals surface area contributed by atoms with Crippen molar-refractivity contribution < 1.29 is 19.4 Å². The minimum Gasteiger partial charge on any atom is -0.465 e. The maximum Gasteiger partial charge on any atom is 0.348 e. The number of ether oxygens (including phenoxy) is 1. The highest BCUT2D eigenvalue weighted by Gasteiger charge is 2.33. The van der Waals surface area contributed by atoms with Gasteiger partial charge in [0.25, 0.3) is 0 Å². The summed E-state index contributed by atoms with van der Waals surface area (Å²) < 4.78 is 4.83. The van der Waals surface area contributed by atoms with Gasteiger partial charge in [-0.15, -0.1) is 11.3 Å². The van der Waals surface area contributed by atoms with E-state index in [1.54, 1.807) is 25.1 Å². The second-order valence-electron chi connectivity index (χ2n) is 6.59. The molecule has 1 atom stereocenters. The van der Waals surface area contributed by atoms with Crippen molar-refractivity contribution in [3.63, 3.8) is 0 Å². The lowest BCUT2D eigenvalue weighted by molar-refractivity contribution is 0.0433. The van der Waals surface area contributed by atoms with Crippen LogP contribution in [0.4, 0.5) is 0 Å². The first kappa shape index (κ1) is 19.4. The summed E-state index contributed by atoms with van der Waals surface area (Å²) in [6.07, 6.45) is 2.30. The van der Waals surface area contributed by atoms with Crippen LogP contribution in [0.15, 0.2) is 18.2 Å². The Balaban J connectivity index is 1.92. The van der Waals surface area contributed by atoms with E-state index in [2.05, 4.69) is 0 Å². The highest BCUT2D eigenvalue weighted by molar-refractivity contribution is 7.16. The number of Topliss-reactive ketones (excluding diaryl/α,β-unsaturated/α-hetero) is 1. The third-order valence-corrected chi connectivity index (χ3v) is 6.32. The Labute approximate surface area is 165 Å². The predicted octanol–water partition coefficient (Wildman–Crippen LogP) is 4.81. The Morgan fingerprint density at radius 1 is 1.15 bits per heavy atom. The molecule has 1 unspecified atom stereocenters. The standard InChI is InChI=1S/C19H18Cl2O4S/c1-19(24,10-6-11(20)8-12(21)7-10)9-15(22)16-13-4-3-5-14(13)17(26-16)18(23)25-2/h6-8,24H,3-5,9H2,1-2H3. The fourth-order valence-electron chi connectivity index (χ4n) is 3.31. The molecule has 0 bridgehead atoms. The SMILES string of the molecule is COC(=O)c1sc(C(=O)CC(C)(O)c2cc(Cl)cc(Cl)c2)c2c1CCC2. The van der Waals surface area contributed by atoms with Gasteiger partial charge in [-0.05, 0) is 61.1 Å². The molecule has 0 radical (unpaired) electrons. The van der Waals surface area contributed by atoms with Gasteiger partial charge in [0.15, 0.2) is 5.78 Å². The first-order valence-corrected chi connectivity index (χ1v) is 9.75. The van der Waals surface area contributed by atoms with Crippen molar-refractivity contribution in [2.45, 2.75) is 38.2 Å². The van der Waals surface area contributed by atoms with Crippen LogP contribution in [-0.2, 0) is 23.2 Å². The smallest absolute Gasteiger partial charge is 0.348 e. The van der Waals surface area contributed by atoms with Crippen molar-refractivity contribution in [2.75, 3.05) is 7.11 Å². The van der Waals surface area contributed by atoms with Gasteiger partial charge in [0.05, 0.1) is 17.6 Å². The molecule has 1 heterocycles. The number of ketones is 1. The number of methoxy groups -OCH3 is 1. The normalized spacial score (nSPS) is 15.4. The molecule has 0 spiro atoms. The molecule has 138 valence electrons. The van der Waals surface area contributed by atoms with E-state index in [-0.39, 0.29) is 12.2 Å². The molecule has 0 amide bonds. The van der Waals surface area contributed by atoms with Gasteiger partial charge in [-0.3, -0.25) is 4.79 Å². The number of carbonyl (C=O) groups excluding carboxylic acids is 2. The van der Waals surface area contributed by atoms with Crippen LogP contribution in [-0.4, -0.2) is 24.0 Å². The average molecular weight is 413 g/mol. The molecule has 3 rings (SSSR count). The molecule has 0 saturated carbocycles. The first-order chi connectivity index (χ1) is 12.2. The Morgan fingerprint density at radius 2 is 1.73 bits per heavy atom. The lowest BCUT2D eigenvalue weighted by Gasteiger charge is -2.23. The minimum absolute atomic E-state index is 0.128. The van der Waals surface area contributed by atoms with E-state index in [0.717, 1.165) is 41.7 Å². The van der Waals surface area contributed by atoms with Gasteiger partial charge in [-0.25, -0.2) is 4.79 Å². The number of aliphatic hydroxyl groups is 1. The number of carbonyl (C=O) groups is 2. The van der Waals surface area contributed by atoms with E-state index in [9.17, 15) is 14.7 Å². The summed E-state index contributed by atoms with van der Waals surface area (Å²) in [5.74, 6) is -0.620. The Morgan fingerprint density at radius 3 is 2.31 bits per heavy atom. The monoisotopic (exact) mass is 412 g/mol. The first-order valence-electron chi connectivity index (χ1n) is 8.18. The van der Waals surface area contributed by atoms with Crippen LogP contribution < -0.4 is 0 Å². The second-order valence-corrected chi connectivity index (χ2v) is 8.49. The van der Waals surface area contributed by atoms with E-state index in [4.69, 9.17) is 27.9 Å². The fourth-order valence-corrected chi connectivity index (χ4v) is 5.09. The summed E-state index contributed by atoms with van der Waals surface area (Å²) in [5, 5.41) is 11.6. The molecule has 1 aromatic carbocycles. The number of hydrogen-bond donors (Lipinski definition) is 1. The summed E-state index contributed by atoms with van der Waals surface area (Å²) in [5.41, 5.74) is 0.882. The van der Waals surface area contributed by atoms with E-state index < -0.39 is 11.6 Å². The lowest BCUT2D eigenvalue weighted by Crippen LogP contribution is -2.25. The number of benzene rings is 1. The second kappa shape index (κ2) is 7.31. The maximum absolute atomic E-state index is 12.9. The molecule has 4 nitrogen and oxygen atoms in total. The van der Waals surface area contributed by atoms with E-state index >= 15 is 0 Å². The van der Waals surface area contributed by atoms with Crippen molar-refractivity contribution in [1.82, 2.24) is 0 Å². The van der Waals surface area contributed by atoms with Crippen LogP contribution in [0.5, 0.6) is 0 Å². The van der Waals surface area contributed by atoms with Crippen LogP contribution in [0.3, 0.4) is 0 Å². The summed E-state index contributed by atoms with van der Waals surface area (Å²) in [7, 11) is 1.33. The van der Waals surface area contributed by atoms with Gasteiger partial charge in [0, 0.05) is 16.5 Å². The number of rotatable bonds is 5. The highest BCUT2D eigenvalue weighted by Crippen LogP contribution is 2.38. The van der Waals surface area contributed by atoms with Gasteiger partial charge >= 0.3 is 5.97 Å². The van der Waals surface area contributed by atoms with Gasteiger partial charge < -0.3 is 9.84 Å². The minimum atomic E-state index is -1.42. The zero-order chi connectivity index (χ0) is 19.1. The molecule has 7 heteroatoms. The van der Waals surface area contributed by atoms with Crippen LogP contribution >= 0.6 is 34.5 Å². The molecule has 1 aliphatic rings. The largest absolute Gasteiger partial charge is 0.465 e. The van der Waals surface area contributed by atoms with Gasteiger partial charge in [-0.2, -0.15) is 0 Å². The maximum atomic E-state index is 12.9. The van der Waals surface area contributed by atoms with Crippen molar-refractivity contribution in [2.24, 2.45) is 0 Å². The average Bonchev–Trinajstić information content (AvgIpc) is 3.14. The number of esters is 1. The Kier molecular flexibility index (Phi) is 5.45. The summed E-state index contributed by atoms with van der Waals surface area (Å²) in [6.45, 7) is 1.56. The molecule has 1 aliphatic carbocycles. The number of hydrogen-bond acceptors (Lipinski definition) is 5. The summed E-state index contributed by atoms with van der Waals surface area (Å²) in [6, 6.07) is 4.76. The number of fused-ring (bicyclic) bond motifs is 1. The third kappa shape index (κ3) is 3.67. The zero-order valence-corrected chi connectivity index (χ0v) is 16.7. The van der Waals surface area contributed by atoms with E-state index in [1.807, 2.05) is 0 Å². The summed E-state index contributed by atoms with van der Waals surface area (Å²) in [4.78, 5) is 25.9. The molecule has 0 saturated heterocycles. The Bertz CT molecular complexity index is 866. The van der Waals surface area contributed by atoms with Gasteiger partial charge in [-0.1, -0.05) is 23.2 Å². The zero-order valence-electron chi connectivity index (χ0n) is 14.4. The van der Waals surface area contributed by atoms with Crippen LogP contribution in [0.1, 0.15) is 55.8 Å². The van der Waals surface area contributed by atoms with Crippen LogP contribution in [0, 0.1) is 0 Å². The van der Waals surface area contributed by atoms with Gasteiger partial charge in [0.2, 0.25) is 0 Å².